The number of hydrogen-bond donors (Lipinski definition) is 0. The van der Waals surface area contributed by atoms with Gasteiger partial charge in [0, 0.05) is 24.0 Å². The zero-order valence-corrected chi connectivity index (χ0v) is 12.0. The van der Waals surface area contributed by atoms with Crippen LogP contribution in [0.1, 0.15) is 36.4 Å². The fraction of sp³-hybridized carbons (Fsp3) is 0.467. The molecular formula is C15H18N2OS. The highest BCUT2D eigenvalue weighted by atomic mass is 32.1. The minimum absolute atomic E-state index is 0.220. The molecular weight excluding hydrogens is 256 g/mol. The summed E-state index contributed by atoms with van der Waals surface area (Å²) in [7, 11) is 0. The predicted octanol–water partition coefficient (Wildman–Crippen LogP) is 3.18. The maximum Gasteiger partial charge on any atom is 0.250 e. The molecule has 3 rings (SSSR count). The summed E-state index contributed by atoms with van der Waals surface area (Å²) in [5.41, 5.74) is 3.02. The van der Waals surface area contributed by atoms with E-state index >= 15 is 0 Å². The normalized spacial score (nSPS) is 19.3. The molecule has 4 heteroatoms. The summed E-state index contributed by atoms with van der Waals surface area (Å²) >= 11 is 1.65. The third-order valence-corrected chi connectivity index (χ3v) is 4.48. The van der Waals surface area contributed by atoms with Crippen LogP contribution in [-0.2, 0) is 4.79 Å². The Labute approximate surface area is 117 Å². The number of aryl methyl sites for hydroxylation is 1. The van der Waals surface area contributed by atoms with Crippen molar-refractivity contribution in [1.82, 2.24) is 9.88 Å². The average molecular weight is 274 g/mol. The zero-order chi connectivity index (χ0) is 13.2. The van der Waals surface area contributed by atoms with Crippen LogP contribution >= 0.6 is 11.3 Å². The van der Waals surface area contributed by atoms with Crippen molar-refractivity contribution < 1.29 is 4.79 Å². The average Bonchev–Trinajstić information content (AvgIpc) is 3.07. The molecule has 0 spiro atoms. The summed E-state index contributed by atoms with van der Waals surface area (Å²) in [5, 5.41) is 3.13. The van der Waals surface area contributed by atoms with E-state index < -0.39 is 0 Å². The van der Waals surface area contributed by atoms with Gasteiger partial charge in [-0.3, -0.25) is 4.79 Å². The number of aromatic nitrogens is 1. The summed E-state index contributed by atoms with van der Waals surface area (Å²) in [6.45, 7) is 3.84. The van der Waals surface area contributed by atoms with E-state index in [1.807, 2.05) is 17.9 Å². The van der Waals surface area contributed by atoms with Gasteiger partial charge in [-0.2, -0.15) is 0 Å². The van der Waals surface area contributed by atoms with Gasteiger partial charge in [-0.1, -0.05) is 6.08 Å². The first-order valence-electron chi connectivity index (χ1n) is 6.86. The van der Waals surface area contributed by atoms with Crippen molar-refractivity contribution in [2.45, 2.75) is 32.6 Å². The molecule has 1 amide bonds. The number of hydrogen-bond acceptors (Lipinski definition) is 3. The Kier molecular flexibility index (Phi) is 3.51. The van der Waals surface area contributed by atoms with Crippen LogP contribution in [0.15, 0.2) is 23.1 Å². The van der Waals surface area contributed by atoms with Crippen LogP contribution in [0.5, 0.6) is 0 Å². The van der Waals surface area contributed by atoms with Gasteiger partial charge in [-0.15, -0.1) is 11.3 Å². The molecule has 0 saturated carbocycles. The number of rotatable bonds is 2. The highest BCUT2D eigenvalue weighted by Gasteiger charge is 2.22. The number of amides is 1. The fourth-order valence-corrected chi connectivity index (χ4v) is 3.27. The Morgan fingerprint density at radius 3 is 2.79 bits per heavy atom. The topological polar surface area (TPSA) is 33.2 Å². The molecule has 0 radical (unpaired) electrons. The van der Waals surface area contributed by atoms with Crippen LogP contribution in [0, 0.1) is 6.92 Å². The lowest BCUT2D eigenvalue weighted by molar-refractivity contribution is -0.128. The molecule has 0 aromatic carbocycles. The van der Waals surface area contributed by atoms with E-state index in [0.717, 1.165) is 54.2 Å². The lowest BCUT2D eigenvalue weighted by Gasteiger charge is -2.27. The molecule has 1 aliphatic carbocycles. The molecule has 1 fully saturated rings. The van der Waals surface area contributed by atoms with Crippen molar-refractivity contribution >= 4 is 22.8 Å². The Morgan fingerprint density at radius 2 is 2.11 bits per heavy atom. The molecule has 2 heterocycles. The molecule has 19 heavy (non-hydrogen) atoms. The second kappa shape index (κ2) is 5.29. The number of nitrogens with zero attached hydrogens (tertiary/aromatic N) is 2. The standard InChI is InChI=1S/C15H18N2OS/c1-11-16-14(10-19-11)12-5-6-13(9-12)15(18)17-7-3-2-4-8-17/h5,9-10H,2-4,6-8H2,1H3. The first-order valence-corrected chi connectivity index (χ1v) is 7.74. The Balaban J connectivity index is 1.72. The number of carbonyl (C=O) groups is 1. The molecule has 100 valence electrons. The summed E-state index contributed by atoms with van der Waals surface area (Å²) in [4.78, 5) is 18.9. The quantitative estimate of drug-likeness (QED) is 0.830. The highest BCUT2D eigenvalue weighted by molar-refractivity contribution is 7.09. The number of carbonyl (C=O) groups excluding carboxylic acids is 1. The van der Waals surface area contributed by atoms with Crippen LogP contribution < -0.4 is 0 Å². The molecule has 0 atom stereocenters. The second-order valence-electron chi connectivity index (χ2n) is 5.14. The van der Waals surface area contributed by atoms with Crippen molar-refractivity contribution in [3.05, 3.63) is 33.8 Å². The van der Waals surface area contributed by atoms with Crippen LogP contribution in [0.3, 0.4) is 0 Å². The first kappa shape index (κ1) is 12.6. The van der Waals surface area contributed by atoms with Gasteiger partial charge >= 0.3 is 0 Å². The van der Waals surface area contributed by atoms with Crippen molar-refractivity contribution in [3.8, 4) is 0 Å². The van der Waals surface area contributed by atoms with Crippen LogP contribution in [-0.4, -0.2) is 28.9 Å². The first-order chi connectivity index (χ1) is 9.24. The SMILES string of the molecule is Cc1nc(C2=CCC(C(=O)N3CCCCC3)=C2)cs1. The fourth-order valence-electron chi connectivity index (χ4n) is 2.65. The Hall–Kier alpha value is -1.42. The number of allylic oxidation sites excluding steroid dienone is 3. The van der Waals surface area contributed by atoms with Crippen LogP contribution in [0.4, 0.5) is 0 Å². The number of thiazole rings is 1. The summed E-state index contributed by atoms with van der Waals surface area (Å²) < 4.78 is 0. The molecule has 0 N–H and O–H groups in total. The lowest BCUT2D eigenvalue weighted by atomic mass is 10.1. The molecule has 1 aliphatic heterocycles. The van der Waals surface area contributed by atoms with E-state index in [-0.39, 0.29) is 5.91 Å². The number of likely N-dealkylation sites (tertiary alicyclic amines) is 1. The minimum atomic E-state index is 0.220. The van der Waals surface area contributed by atoms with E-state index in [9.17, 15) is 4.79 Å². The van der Waals surface area contributed by atoms with E-state index in [0.29, 0.717) is 0 Å². The van der Waals surface area contributed by atoms with Gasteiger partial charge < -0.3 is 4.90 Å². The molecule has 1 saturated heterocycles. The third-order valence-electron chi connectivity index (χ3n) is 3.70. The van der Waals surface area contributed by atoms with Gasteiger partial charge in [0.1, 0.15) is 0 Å². The van der Waals surface area contributed by atoms with E-state index in [4.69, 9.17) is 0 Å². The van der Waals surface area contributed by atoms with Gasteiger partial charge in [-0.25, -0.2) is 4.98 Å². The minimum Gasteiger partial charge on any atom is -0.339 e. The molecule has 1 aromatic heterocycles. The van der Waals surface area contributed by atoms with Gasteiger partial charge in [0.15, 0.2) is 0 Å². The van der Waals surface area contributed by atoms with Gasteiger partial charge in [-0.05, 0) is 44.3 Å². The predicted molar refractivity (Wildman–Crippen MR) is 78.0 cm³/mol. The zero-order valence-electron chi connectivity index (χ0n) is 11.2. The van der Waals surface area contributed by atoms with Gasteiger partial charge in [0.25, 0.3) is 0 Å². The molecule has 0 bridgehead atoms. The van der Waals surface area contributed by atoms with Crippen LogP contribution in [0.25, 0.3) is 5.57 Å². The molecule has 1 aromatic rings. The smallest absolute Gasteiger partial charge is 0.250 e. The lowest BCUT2D eigenvalue weighted by Crippen LogP contribution is -2.36. The van der Waals surface area contributed by atoms with E-state index in [1.54, 1.807) is 11.3 Å². The number of piperidine rings is 1. The highest BCUT2D eigenvalue weighted by Crippen LogP contribution is 2.28. The van der Waals surface area contributed by atoms with Crippen molar-refractivity contribution in [3.63, 3.8) is 0 Å². The second-order valence-corrected chi connectivity index (χ2v) is 6.20. The van der Waals surface area contributed by atoms with Crippen molar-refractivity contribution in [2.24, 2.45) is 0 Å². The van der Waals surface area contributed by atoms with Crippen LogP contribution in [0.2, 0.25) is 0 Å². The largest absolute Gasteiger partial charge is 0.339 e. The summed E-state index contributed by atoms with van der Waals surface area (Å²) in [5.74, 6) is 0.220. The summed E-state index contributed by atoms with van der Waals surface area (Å²) in [6.07, 6.45) is 8.43. The van der Waals surface area contributed by atoms with Crippen molar-refractivity contribution in [2.75, 3.05) is 13.1 Å². The Bertz CT molecular complexity index is 550. The van der Waals surface area contributed by atoms with E-state index in [2.05, 4.69) is 16.4 Å². The summed E-state index contributed by atoms with van der Waals surface area (Å²) in [6, 6.07) is 0. The van der Waals surface area contributed by atoms with E-state index in [1.165, 1.54) is 6.42 Å². The molecule has 3 nitrogen and oxygen atoms in total. The maximum absolute atomic E-state index is 12.4. The molecule has 2 aliphatic rings. The molecule has 0 unspecified atom stereocenters. The van der Waals surface area contributed by atoms with Gasteiger partial charge in [0.05, 0.1) is 10.7 Å². The van der Waals surface area contributed by atoms with Gasteiger partial charge in [0.2, 0.25) is 5.91 Å². The monoisotopic (exact) mass is 274 g/mol. The maximum atomic E-state index is 12.4. The van der Waals surface area contributed by atoms with Crippen molar-refractivity contribution in [1.29, 1.82) is 0 Å². The third kappa shape index (κ3) is 2.63. The Morgan fingerprint density at radius 1 is 1.32 bits per heavy atom.